The zero-order valence-corrected chi connectivity index (χ0v) is 9.33. The average molecular weight is 253 g/mol. The van der Waals surface area contributed by atoms with Crippen LogP contribution in [0.15, 0.2) is 16.6 Å². The van der Waals surface area contributed by atoms with E-state index >= 15 is 0 Å². The second-order valence-corrected chi connectivity index (χ2v) is 3.21. The van der Waals surface area contributed by atoms with Crippen LogP contribution < -0.4 is 10.5 Å². The van der Waals surface area contributed by atoms with Crippen molar-refractivity contribution in [3.63, 3.8) is 0 Å². The predicted octanol–water partition coefficient (Wildman–Crippen LogP) is 2.77. The van der Waals surface area contributed by atoms with E-state index in [1.807, 2.05) is 19.1 Å². The van der Waals surface area contributed by atoms with E-state index in [0.717, 1.165) is 21.5 Å². The molecule has 0 unspecified atom stereocenters. The maximum absolute atomic E-state index is 5.60. The Morgan fingerprint density at radius 1 is 1.42 bits per heavy atom. The van der Waals surface area contributed by atoms with Crippen molar-refractivity contribution in [1.82, 2.24) is 0 Å². The fourth-order valence-corrected chi connectivity index (χ4v) is 1.75. The van der Waals surface area contributed by atoms with Gasteiger partial charge in [0.1, 0.15) is 5.75 Å². The Kier molecular flexibility index (Phi) is 4.42. The number of nitrogen functional groups attached to an aromatic ring is 1. The zero-order valence-electron chi connectivity index (χ0n) is 6.93. The van der Waals surface area contributed by atoms with Crippen LogP contribution in [0.1, 0.15) is 5.56 Å². The van der Waals surface area contributed by atoms with Crippen molar-refractivity contribution in [3.8, 4) is 5.75 Å². The molecule has 0 aromatic heterocycles. The van der Waals surface area contributed by atoms with Gasteiger partial charge in [0.2, 0.25) is 0 Å². The molecule has 1 aromatic carbocycles. The van der Waals surface area contributed by atoms with Gasteiger partial charge in [-0.15, -0.1) is 12.4 Å². The Labute approximate surface area is 86.6 Å². The lowest BCUT2D eigenvalue weighted by Crippen LogP contribution is -1.91. The first-order chi connectivity index (χ1) is 5.15. The van der Waals surface area contributed by atoms with Crippen molar-refractivity contribution in [3.05, 3.63) is 22.2 Å². The van der Waals surface area contributed by atoms with Crippen LogP contribution in [0, 0.1) is 6.92 Å². The second kappa shape index (κ2) is 4.58. The van der Waals surface area contributed by atoms with Crippen LogP contribution >= 0.6 is 28.3 Å². The molecule has 0 aliphatic heterocycles. The van der Waals surface area contributed by atoms with Gasteiger partial charge in [-0.1, -0.05) is 0 Å². The molecule has 0 saturated heterocycles. The first-order valence-corrected chi connectivity index (χ1v) is 4.04. The summed E-state index contributed by atoms with van der Waals surface area (Å²) in [6.45, 7) is 1.96. The fourth-order valence-electron chi connectivity index (χ4n) is 1.02. The van der Waals surface area contributed by atoms with E-state index in [0.29, 0.717) is 0 Å². The SMILES string of the molecule is COc1c(C)cc(N)cc1Br.Cl. The smallest absolute Gasteiger partial charge is 0.136 e. The van der Waals surface area contributed by atoms with Gasteiger partial charge in [0, 0.05) is 5.69 Å². The molecule has 0 saturated carbocycles. The minimum absolute atomic E-state index is 0. The first kappa shape index (κ1) is 11.6. The monoisotopic (exact) mass is 251 g/mol. The number of hydrogen-bond donors (Lipinski definition) is 1. The molecule has 0 atom stereocenters. The molecule has 12 heavy (non-hydrogen) atoms. The summed E-state index contributed by atoms with van der Waals surface area (Å²) in [5.41, 5.74) is 7.38. The summed E-state index contributed by atoms with van der Waals surface area (Å²) in [7, 11) is 1.64. The lowest BCUT2D eigenvalue weighted by molar-refractivity contribution is 0.409. The first-order valence-electron chi connectivity index (χ1n) is 3.24. The van der Waals surface area contributed by atoms with Crippen molar-refractivity contribution >= 4 is 34.0 Å². The quantitative estimate of drug-likeness (QED) is 0.780. The number of methoxy groups -OCH3 is 1. The van der Waals surface area contributed by atoms with E-state index in [-0.39, 0.29) is 12.4 Å². The van der Waals surface area contributed by atoms with Gasteiger partial charge in [0.05, 0.1) is 11.6 Å². The minimum atomic E-state index is 0. The van der Waals surface area contributed by atoms with E-state index in [1.54, 1.807) is 7.11 Å². The lowest BCUT2D eigenvalue weighted by atomic mass is 10.2. The normalized spacial score (nSPS) is 8.92. The summed E-state index contributed by atoms with van der Waals surface area (Å²) in [6, 6.07) is 3.70. The van der Waals surface area contributed by atoms with Gasteiger partial charge in [0.25, 0.3) is 0 Å². The van der Waals surface area contributed by atoms with E-state index in [9.17, 15) is 0 Å². The minimum Gasteiger partial charge on any atom is -0.495 e. The Hall–Kier alpha value is -0.410. The van der Waals surface area contributed by atoms with Crippen LogP contribution in [0.2, 0.25) is 0 Å². The number of hydrogen-bond acceptors (Lipinski definition) is 2. The second-order valence-electron chi connectivity index (χ2n) is 2.35. The van der Waals surface area contributed by atoms with Crippen LogP contribution in [0.5, 0.6) is 5.75 Å². The van der Waals surface area contributed by atoms with Crippen molar-refractivity contribution in [2.45, 2.75) is 6.92 Å². The third-order valence-corrected chi connectivity index (χ3v) is 2.04. The molecule has 68 valence electrons. The number of anilines is 1. The number of nitrogens with two attached hydrogens (primary N) is 1. The number of rotatable bonds is 1. The Bertz CT molecular complexity index is 255. The van der Waals surface area contributed by atoms with Gasteiger partial charge >= 0.3 is 0 Å². The highest BCUT2D eigenvalue weighted by Gasteiger charge is 2.03. The largest absolute Gasteiger partial charge is 0.495 e. The molecule has 0 spiro atoms. The van der Waals surface area contributed by atoms with Crippen LogP contribution in [0.3, 0.4) is 0 Å². The molecular weight excluding hydrogens is 241 g/mol. The highest BCUT2D eigenvalue weighted by atomic mass is 79.9. The third-order valence-electron chi connectivity index (χ3n) is 1.46. The Morgan fingerprint density at radius 2 is 2.00 bits per heavy atom. The molecule has 4 heteroatoms. The Balaban J connectivity index is 0.00000121. The summed E-state index contributed by atoms with van der Waals surface area (Å²) < 4.78 is 6.03. The molecule has 1 rings (SSSR count). The molecule has 2 nitrogen and oxygen atoms in total. The molecule has 0 aliphatic rings. The molecule has 1 aromatic rings. The van der Waals surface area contributed by atoms with Crippen molar-refractivity contribution in [1.29, 1.82) is 0 Å². The molecule has 2 N–H and O–H groups in total. The summed E-state index contributed by atoms with van der Waals surface area (Å²) in [6.07, 6.45) is 0. The summed E-state index contributed by atoms with van der Waals surface area (Å²) >= 11 is 3.35. The fraction of sp³-hybridized carbons (Fsp3) is 0.250. The number of ether oxygens (including phenoxy) is 1. The van der Waals surface area contributed by atoms with Crippen LogP contribution in [0.25, 0.3) is 0 Å². The van der Waals surface area contributed by atoms with Gasteiger partial charge in [-0.3, -0.25) is 0 Å². The molecule has 0 bridgehead atoms. The molecule has 0 fully saturated rings. The van der Waals surface area contributed by atoms with Gasteiger partial charge < -0.3 is 10.5 Å². The van der Waals surface area contributed by atoms with Crippen LogP contribution in [-0.4, -0.2) is 7.11 Å². The maximum Gasteiger partial charge on any atom is 0.136 e. The topological polar surface area (TPSA) is 35.2 Å². The van der Waals surface area contributed by atoms with Crippen molar-refractivity contribution in [2.75, 3.05) is 12.8 Å². The molecule has 0 amide bonds. The van der Waals surface area contributed by atoms with Crippen molar-refractivity contribution in [2.24, 2.45) is 0 Å². The molecule has 0 radical (unpaired) electrons. The highest BCUT2D eigenvalue weighted by Crippen LogP contribution is 2.30. The standard InChI is InChI=1S/C8H10BrNO.ClH/c1-5-3-6(10)4-7(9)8(5)11-2;/h3-4H,10H2,1-2H3;1H. The van der Waals surface area contributed by atoms with Gasteiger partial charge in [-0.2, -0.15) is 0 Å². The predicted molar refractivity (Wildman–Crippen MR) is 57.1 cm³/mol. The number of halogens is 2. The van der Waals surface area contributed by atoms with Crippen LogP contribution in [0.4, 0.5) is 5.69 Å². The average Bonchev–Trinajstić information content (AvgIpc) is 1.85. The van der Waals surface area contributed by atoms with Gasteiger partial charge in [-0.25, -0.2) is 0 Å². The van der Waals surface area contributed by atoms with E-state index in [4.69, 9.17) is 10.5 Å². The van der Waals surface area contributed by atoms with Gasteiger partial charge in [-0.05, 0) is 40.5 Å². The molecular formula is C8H11BrClNO. The molecule has 0 aliphatic carbocycles. The summed E-state index contributed by atoms with van der Waals surface area (Å²) in [4.78, 5) is 0. The van der Waals surface area contributed by atoms with E-state index < -0.39 is 0 Å². The lowest BCUT2D eigenvalue weighted by Gasteiger charge is -2.07. The zero-order chi connectivity index (χ0) is 8.43. The summed E-state index contributed by atoms with van der Waals surface area (Å²) in [5.74, 6) is 0.846. The molecule has 0 heterocycles. The third kappa shape index (κ3) is 2.29. The maximum atomic E-state index is 5.60. The van der Waals surface area contributed by atoms with Crippen LogP contribution in [-0.2, 0) is 0 Å². The summed E-state index contributed by atoms with van der Waals surface area (Å²) in [5, 5.41) is 0. The highest BCUT2D eigenvalue weighted by molar-refractivity contribution is 9.10. The Morgan fingerprint density at radius 3 is 2.42 bits per heavy atom. The number of benzene rings is 1. The van der Waals surface area contributed by atoms with E-state index in [2.05, 4.69) is 15.9 Å². The van der Waals surface area contributed by atoms with Crippen molar-refractivity contribution < 1.29 is 4.74 Å². The van der Waals surface area contributed by atoms with Gasteiger partial charge in [0.15, 0.2) is 0 Å². The van der Waals surface area contributed by atoms with E-state index in [1.165, 1.54) is 0 Å². The number of aryl methyl sites for hydroxylation is 1.